The zero-order valence-corrected chi connectivity index (χ0v) is 14.6. The minimum Gasteiger partial charge on any atom is -0.355 e. The van der Waals surface area contributed by atoms with Gasteiger partial charge in [0.1, 0.15) is 0 Å². The van der Waals surface area contributed by atoms with Gasteiger partial charge in [-0.05, 0) is 18.1 Å². The van der Waals surface area contributed by atoms with Gasteiger partial charge < -0.3 is 5.32 Å². The predicted molar refractivity (Wildman–Crippen MR) is 101 cm³/mol. The van der Waals surface area contributed by atoms with E-state index in [1.807, 2.05) is 54.6 Å². The van der Waals surface area contributed by atoms with Gasteiger partial charge in [0.05, 0.1) is 11.4 Å². The van der Waals surface area contributed by atoms with E-state index in [2.05, 4.69) is 27.4 Å². The maximum absolute atomic E-state index is 12.0. The van der Waals surface area contributed by atoms with E-state index in [9.17, 15) is 4.79 Å². The van der Waals surface area contributed by atoms with Crippen LogP contribution in [0.25, 0.3) is 11.3 Å². The Labute approximate surface area is 151 Å². The van der Waals surface area contributed by atoms with Crippen LogP contribution < -0.4 is 5.32 Å². The minimum atomic E-state index is -0.00496. The van der Waals surface area contributed by atoms with Crippen LogP contribution in [0.15, 0.2) is 78.1 Å². The molecule has 3 rings (SSSR count). The zero-order chi connectivity index (χ0) is 17.3. The smallest absolute Gasteiger partial charge is 0.230 e. The van der Waals surface area contributed by atoms with Crippen LogP contribution in [0.1, 0.15) is 5.56 Å². The molecular weight excluding hydrogens is 330 g/mol. The van der Waals surface area contributed by atoms with E-state index in [1.165, 1.54) is 17.3 Å². The van der Waals surface area contributed by atoms with Crippen molar-refractivity contribution in [1.29, 1.82) is 0 Å². The number of carbonyl (C=O) groups is 1. The molecule has 3 aromatic rings. The molecule has 5 heteroatoms. The van der Waals surface area contributed by atoms with E-state index in [4.69, 9.17) is 0 Å². The van der Waals surface area contributed by atoms with E-state index < -0.39 is 0 Å². The Morgan fingerprint density at radius 2 is 1.68 bits per heavy atom. The first-order chi connectivity index (χ1) is 12.3. The summed E-state index contributed by atoms with van der Waals surface area (Å²) in [7, 11) is 0. The zero-order valence-electron chi connectivity index (χ0n) is 13.8. The summed E-state index contributed by atoms with van der Waals surface area (Å²) >= 11 is 1.35. The highest BCUT2D eigenvalue weighted by molar-refractivity contribution is 7.99. The third kappa shape index (κ3) is 5.43. The molecule has 1 amide bonds. The van der Waals surface area contributed by atoms with Crippen molar-refractivity contribution in [2.75, 3.05) is 12.3 Å². The second-order valence-corrected chi connectivity index (χ2v) is 6.41. The maximum Gasteiger partial charge on any atom is 0.230 e. The normalized spacial score (nSPS) is 10.4. The first-order valence-corrected chi connectivity index (χ1v) is 9.12. The second kappa shape index (κ2) is 8.99. The SMILES string of the molecule is O=C(CSc1nccc(-c2ccccc2)n1)NCCc1ccccc1. The van der Waals surface area contributed by atoms with Gasteiger partial charge >= 0.3 is 0 Å². The predicted octanol–water partition coefficient (Wildman–Crippen LogP) is 3.59. The minimum absolute atomic E-state index is 0.00496. The van der Waals surface area contributed by atoms with Crippen molar-refractivity contribution < 1.29 is 4.79 Å². The van der Waals surface area contributed by atoms with Gasteiger partial charge in [0.15, 0.2) is 5.16 Å². The van der Waals surface area contributed by atoms with Crippen molar-refractivity contribution in [2.45, 2.75) is 11.6 Å². The summed E-state index contributed by atoms with van der Waals surface area (Å²) in [6, 6.07) is 21.9. The monoisotopic (exact) mass is 349 g/mol. The van der Waals surface area contributed by atoms with Crippen molar-refractivity contribution in [3.8, 4) is 11.3 Å². The van der Waals surface area contributed by atoms with Gasteiger partial charge in [0.2, 0.25) is 5.91 Å². The fourth-order valence-electron chi connectivity index (χ4n) is 2.35. The summed E-state index contributed by atoms with van der Waals surface area (Å²) in [5, 5.41) is 3.54. The average Bonchev–Trinajstić information content (AvgIpc) is 2.68. The summed E-state index contributed by atoms with van der Waals surface area (Å²) in [5.41, 5.74) is 3.12. The molecule has 4 nitrogen and oxygen atoms in total. The quantitative estimate of drug-likeness (QED) is 0.523. The number of nitrogens with one attached hydrogen (secondary N) is 1. The number of benzene rings is 2. The number of hydrogen-bond donors (Lipinski definition) is 1. The number of aromatic nitrogens is 2. The molecule has 0 aliphatic heterocycles. The molecule has 2 aromatic carbocycles. The molecule has 1 heterocycles. The van der Waals surface area contributed by atoms with Crippen LogP contribution in [0.5, 0.6) is 0 Å². The molecule has 0 saturated heterocycles. The topological polar surface area (TPSA) is 54.9 Å². The molecule has 0 spiro atoms. The first-order valence-electron chi connectivity index (χ1n) is 8.13. The van der Waals surface area contributed by atoms with Crippen LogP contribution in [0.4, 0.5) is 0 Å². The Balaban J connectivity index is 1.47. The van der Waals surface area contributed by atoms with Gasteiger partial charge in [-0.3, -0.25) is 4.79 Å². The number of amides is 1. The molecule has 0 bridgehead atoms. The first kappa shape index (κ1) is 17.2. The van der Waals surface area contributed by atoms with Gasteiger partial charge in [0, 0.05) is 18.3 Å². The largest absolute Gasteiger partial charge is 0.355 e. The number of hydrogen-bond acceptors (Lipinski definition) is 4. The molecule has 0 unspecified atom stereocenters. The third-order valence-corrected chi connectivity index (χ3v) is 4.48. The fraction of sp³-hybridized carbons (Fsp3) is 0.150. The van der Waals surface area contributed by atoms with Crippen LogP contribution in [-0.2, 0) is 11.2 Å². The van der Waals surface area contributed by atoms with Gasteiger partial charge in [-0.2, -0.15) is 0 Å². The third-order valence-electron chi connectivity index (χ3n) is 3.61. The highest BCUT2D eigenvalue weighted by Gasteiger charge is 2.06. The second-order valence-electron chi connectivity index (χ2n) is 5.46. The van der Waals surface area contributed by atoms with E-state index >= 15 is 0 Å². The molecule has 0 aliphatic carbocycles. The lowest BCUT2D eigenvalue weighted by molar-refractivity contribution is -0.118. The Morgan fingerprint density at radius 3 is 2.44 bits per heavy atom. The van der Waals surface area contributed by atoms with Crippen molar-refractivity contribution >= 4 is 17.7 Å². The summed E-state index contributed by atoms with van der Waals surface area (Å²) in [6.45, 7) is 0.633. The molecular formula is C20H19N3OS. The average molecular weight is 349 g/mol. The summed E-state index contributed by atoms with van der Waals surface area (Å²) in [4.78, 5) is 20.7. The van der Waals surface area contributed by atoms with Crippen LogP contribution in [0, 0.1) is 0 Å². The maximum atomic E-state index is 12.0. The lowest BCUT2D eigenvalue weighted by Gasteiger charge is -2.06. The molecule has 1 aromatic heterocycles. The van der Waals surface area contributed by atoms with Gasteiger partial charge in [-0.25, -0.2) is 9.97 Å². The molecule has 25 heavy (non-hydrogen) atoms. The van der Waals surface area contributed by atoms with Crippen molar-refractivity contribution in [1.82, 2.24) is 15.3 Å². The Hall–Kier alpha value is -2.66. The Bertz CT molecular complexity index is 809. The van der Waals surface area contributed by atoms with Crippen LogP contribution >= 0.6 is 11.8 Å². The van der Waals surface area contributed by atoms with E-state index in [0.29, 0.717) is 17.5 Å². The van der Waals surface area contributed by atoms with Crippen LogP contribution in [0.3, 0.4) is 0 Å². The van der Waals surface area contributed by atoms with E-state index in [0.717, 1.165) is 17.7 Å². The number of carbonyl (C=O) groups excluding carboxylic acids is 1. The summed E-state index contributed by atoms with van der Waals surface area (Å²) in [5.74, 6) is 0.308. The van der Waals surface area contributed by atoms with Crippen LogP contribution in [0.2, 0.25) is 0 Å². The van der Waals surface area contributed by atoms with Crippen molar-refractivity contribution in [3.63, 3.8) is 0 Å². The fourth-order valence-corrected chi connectivity index (χ4v) is 3.01. The number of rotatable bonds is 7. The molecule has 0 radical (unpaired) electrons. The molecule has 126 valence electrons. The molecule has 1 N–H and O–H groups in total. The van der Waals surface area contributed by atoms with Gasteiger partial charge in [-0.1, -0.05) is 72.4 Å². The van der Waals surface area contributed by atoms with Crippen molar-refractivity contribution in [3.05, 3.63) is 78.5 Å². The van der Waals surface area contributed by atoms with E-state index in [-0.39, 0.29) is 5.91 Å². The van der Waals surface area contributed by atoms with Crippen LogP contribution in [-0.4, -0.2) is 28.2 Å². The highest BCUT2D eigenvalue weighted by Crippen LogP contribution is 2.19. The van der Waals surface area contributed by atoms with Gasteiger partial charge in [0.25, 0.3) is 0 Å². The molecule has 0 saturated carbocycles. The summed E-state index contributed by atoms with van der Waals surface area (Å²) < 4.78 is 0. The Kier molecular flexibility index (Phi) is 6.17. The summed E-state index contributed by atoms with van der Waals surface area (Å²) in [6.07, 6.45) is 2.56. The van der Waals surface area contributed by atoms with Gasteiger partial charge in [-0.15, -0.1) is 0 Å². The van der Waals surface area contributed by atoms with Crippen molar-refractivity contribution in [2.24, 2.45) is 0 Å². The molecule has 0 aliphatic rings. The van der Waals surface area contributed by atoms with E-state index in [1.54, 1.807) is 6.20 Å². The Morgan fingerprint density at radius 1 is 0.960 bits per heavy atom. The highest BCUT2D eigenvalue weighted by atomic mass is 32.2. The standard InChI is InChI=1S/C20H19N3OS/c24-19(21-13-11-16-7-3-1-4-8-16)15-25-20-22-14-12-18(23-20)17-9-5-2-6-10-17/h1-10,12,14H,11,13,15H2,(H,21,24). The lowest BCUT2D eigenvalue weighted by Crippen LogP contribution is -2.27. The lowest BCUT2D eigenvalue weighted by atomic mass is 10.1. The molecule has 0 atom stereocenters. The number of nitrogens with zero attached hydrogens (tertiary/aromatic N) is 2. The number of thioether (sulfide) groups is 1. The molecule has 0 fully saturated rings.